The molecule has 68 valence electrons. The van der Waals surface area contributed by atoms with Crippen molar-refractivity contribution in [3.63, 3.8) is 0 Å². The summed E-state index contributed by atoms with van der Waals surface area (Å²) in [5, 5.41) is 2.43. The summed E-state index contributed by atoms with van der Waals surface area (Å²) < 4.78 is 0. The molecule has 2 bridgehead atoms. The van der Waals surface area contributed by atoms with Crippen LogP contribution in [0, 0.1) is 23.7 Å². The van der Waals surface area contributed by atoms with Gasteiger partial charge in [-0.15, -0.1) is 0 Å². The normalized spacial score (nSPS) is 46.4. The molecule has 1 saturated carbocycles. The quantitative estimate of drug-likeness (QED) is 0.432. The van der Waals surface area contributed by atoms with Gasteiger partial charge in [0.15, 0.2) is 0 Å². The Morgan fingerprint density at radius 3 is 2.77 bits per heavy atom. The molecule has 13 heavy (non-hydrogen) atoms. The van der Waals surface area contributed by atoms with E-state index >= 15 is 0 Å². The highest BCUT2D eigenvalue weighted by molar-refractivity contribution is 6.06. The van der Waals surface area contributed by atoms with Crippen LogP contribution in [0.25, 0.3) is 0 Å². The molecule has 3 nitrogen and oxygen atoms in total. The smallest absolute Gasteiger partial charge is 0.231 e. The molecular formula is C10H11NO2. The first-order valence-corrected chi connectivity index (χ1v) is 4.71. The maximum absolute atomic E-state index is 11.4. The van der Waals surface area contributed by atoms with Crippen molar-refractivity contribution in [2.45, 2.75) is 13.3 Å². The maximum Gasteiger partial charge on any atom is 0.231 e. The van der Waals surface area contributed by atoms with E-state index in [0.717, 1.165) is 6.42 Å². The first-order valence-electron chi connectivity index (χ1n) is 4.71. The lowest BCUT2D eigenvalue weighted by molar-refractivity contribution is -0.126. The third-order valence-electron chi connectivity index (χ3n) is 3.72. The summed E-state index contributed by atoms with van der Waals surface area (Å²) in [5.41, 5.74) is 1.30. The van der Waals surface area contributed by atoms with Gasteiger partial charge in [0.2, 0.25) is 11.8 Å². The van der Waals surface area contributed by atoms with Gasteiger partial charge < -0.3 is 0 Å². The number of carbonyl (C=O) groups excluding carboxylic acids is 2. The number of carbonyl (C=O) groups is 2. The molecule has 2 amide bonds. The van der Waals surface area contributed by atoms with Crippen LogP contribution in [0.1, 0.15) is 13.3 Å². The van der Waals surface area contributed by atoms with E-state index in [1.807, 2.05) is 0 Å². The molecule has 3 aliphatic rings. The molecular weight excluding hydrogens is 166 g/mol. The van der Waals surface area contributed by atoms with E-state index in [1.165, 1.54) is 5.57 Å². The van der Waals surface area contributed by atoms with Crippen molar-refractivity contribution in [2.75, 3.05) is 0 Å². The summed E-state index contributed by atoms with van der Waals surface area (Å²) in [6, 6.07) is 0. The van der Waals surface area contributed by atoms with Crippen LogP contribution in [0.5, 0.6) is 0 Å². The topological polar surface area (TPSA) is 46.2 Å². The maximum atomic E-state index is 11.4. The summed E-state index contributed by atoms with van der Waals surface area (Å²) >= 11 is 0. The SMILES string of the molecule is CC1=C[C@@H]2C[C@H]1[C@H]1C(=O)NC(=O)[C@@H]12. The summed E-state index contributed by atoms with van der Waals surface area (Å²) in [7, 11) is 0. The molecule has 0 spiro atoms. The Kier molecular flexibility index (Phi) is 1.14. The molecule has 0 aromatic carbocycles. The summed E-state index contributed by atoms with van der Waals surface area (Å²) in [4.78, 5) is 22.8. The molecule has 2 aliphatic carbocycles. The van der Waals surface area contributed by atoms with Crippen molar-refractivity contribution in [3.8, 4) is 0 Å². The molecule has 0 unspecified atom stereocenters. The number of imide groups is 1. The van der Waals surface area contributed by atoms with E-state index in [9.17, 15) is 9.59 Å². The van der Waals surface area contributed by atoms with Crippen LogP contribution in [-0.2, 0) is 9.59 Å². The largest absolute Gasteiger partial charge is 0.296 e. The lowest BCUT2D eigenvalue weighted by atomic mass is 9.82. The average molecular weight is 177 g/mol. The Hall–Kier alpha value is -1.12. The molecule has 3 heteroatoms. The van der Waals surface area contributed by atoms with E-state index in [4.69, 9.17) is 0 Å². The van der Waals surface area contributed by atoms with E-state index < -0.39 is 0 Å². The highest BCUT2D eigenvalue weighted by Crippen LogP contribution is 2.53. The molecule has 1 saturated heterocycles. The number of hydrogen-bond acceptors (Lipinski definition) is 2. The molecule has 0 radical (unpaired) electrons. The second-order valence-corrected chi connectivity index (χ2v) is 4.32. The minimum Gasteiger partial charge on any atom is -0.296 e. The molecule has 1 heterocycles. The minimum atomic E-state index is -0.0498. The van der Waals surface area contributed by atoms with Crippen LogP contribution in [0.15, 0.2) is 11.6 Å². The number of amides is 2. The van der Waals surface area contributed by atoms with Crippen LogP contribution in [0.4, 0.5) is 0 Å². The van der Waals surface area contributed by atoms with E-state index in [-0.39, 0.29) is 23.7 Å². The lowest BCUT2D eigenvalue weighted by Gasteiger charge is -2.18. The van der Waals surface area contributed by atoms with Gasteiger partial charge in [0, 0.05) is 0 Å². The van der Waals surface area contributed by atoms with Crippen molar-refractivity contribution in [1.82, 2.24) is 5.32 Å². The van der Waals surface area contributed by atoms with Crippen LogP contribution >= 0.6 is 0 Å². The molecule has 4 atom stereocenters. The third kappa shape index (κ3) is 0.705. The molecule has 3 rings (SSSR count). The van der Waals surface area contributed by atoms with E-state index in [1.54, 1.807) is 0 Å². The van der Waals surface area contributed by atoms with Gasteiger partial charge in [0.1, 0.15) is 0 Å². The highest BCUT2D eigenvalue weighted by Gasteiger charge is 2.57. The summed E-state index contributed by atoms with van der Waals surface area (Å²) in [6.45, 7) is 2.07. The van der Waals surface area contributed by atoms with Crippen LogP contribution in [0.3, 0.4) is 0 Å². The lowest BCUT2D eigenvalue weighted by Crippen LogP contribution is -2.25. The Bertz CT molecular complexity index is 345. The van der Waals surface area contributed by atoms with Crippen LogP contribution in [-0.4, -0.2) is 11.8 Å². The number of nitrogens with one attached hydrogen (secondary N) is 1. The Balaban J connectivity index is 2.08. The zero-order valence-electron chi connectivity index (χ0n) is 7.41. The first-order chi connectivity index (χ1) is 6.18. The summed E-state index contributed by atoms with van der Waals surface area (Å²) in [6.07, 6.45) is 3.18. The van der Waals surface area contributed by atoms with Gasteiger partial charge in [-0.1, -0.05) is 11.6 Å². The van der Waals surface area contributed by atoms with E-state index in [2.05, 4.69) is 18.3 Å². The fraction of sp³-hybridized carbons (Fsp3) is 0.600. The van der Waals surface area contributed by atoms with Gasteiger partial charge >= 0.3 is 0 Å². The molecule has 0 aromatic rings. The van der Waals surface area contributed by atoms with E-state index in [0.29, 0.717) is 11.8 Å². The van der Waals surface area contributed by atoms with Crippen LogP contribution < -0.4 is 5.32 Å². The molecule has 1 aliphatic heterocycles. The predicted octanol–water partition coefficient (Wildman–Crippen LogP) is 0.471. The number of hydrogen-bond donors (Lipinski definition) is 1. The third-order valence-corrected chi connectivity index (χ3v) is 3.72. The van der Waals surface area contributed by atoms with Crippen molar-refractivity contribution >= 4 is 11.8 Å². The second kappa shape index (κ2) is 2.03. The van der Waals surface area contributed by atoms with Gasteiger partial charge in [-0.25, -0.2) is 0 Å². The van der Waals surface area contributed by atoms with Crippen molar-refractivity contribution in [1.29, 1.82) is 0 Å². The van der Waals surface area contributed by atoms with Crippen molar-refractivity contribution < 1.29 is 9.59 Å². The Labute approximate surface area is 76.2 Å². The predicted molar refractivity (Wildman–Crippen MR) is 45.5 cm³/mol. The fourth-order valence-electron chi connectivity index (χ4n) is 3.20. The van der Waals surface area contributed by atoms with Gasteiger partial charge in [0.05, 0.1) is 11.8 Å². The first kappa shape index (κ1) is 7.30. The number of allylic oxidation sites excluding steroid dienone is 2. The Morgan fingerprint density at radius 1 is 1.31 bits per heavy atom. The van der Waals surface area contributed by atoms with Gasteiger partial charge in [-0.3, -0.25) is 14.9 Å². The highest BCUT2D eigenvalue weighted by atomic mass is 16.2. The molecule has 0 aromatic heterocycles. The summed E-state index contributed by atoms with van der Waals surface area (Å²) in [5.74, 6) is 0.507. The zero-order valence-corrected chi connectivity index (χ0v) is 7.41. The van der Waals surface area contributed by atoms with Crippen molar-refractivity contribution in [2.24, 2.45) is 23.7 Å². The monoisotopic (exact) mass is 177 g/mol. The molecule has 1 N–H and O–H groups in total. The zero-order chi connectivity index (χ0) is 9.16. The number of rotatable bonds is 0. The molecule has 2 fully saturated rings. The average Bonchev–Trinajstić information content (AvgIpc) is 2.64. The second-order valence-electron chi connectivity index (χ2n) is 4.32. The minimum absolute atomic E-state index is 0.0394. The fourth-order valence-corrected chi connectivity index (χ4v) is 3.20. The van der Waals surface area contributed by atoms with Gasteiger partial charge in [-0.2, -0.15) is 0 Å². The Morgan fingerprint density at radius 2 is 2.00 bits per heavy atom. The standard InChI is InChI=1S/C10H11NO2/c1-4-2-5-3-6(4)8-7(5)9(12)11-10(8)13/h2,5-8H,3H2,1H3,(H,11,12,13)/t5-,6-,7-,8-/m1/s1. The van der Waals surface area contributed by atoms with Gasteiger partial charge in [-0.05, 0) is 25.2 Å². The van der Waals surface area contributed by atoms with Crippen LogP contribution in [0.2, 0.25) is 0 Å². The van der Waals surface area contributed by atoms with Gasteiger partial charge in [0.25, 0.3) is 0 Å². The van der Waals surface area contributed by atoms with Crippen molar-refractivity contribution in [3.05, 3.63) is 11.6 Å². The number of fused-ring (bicyclic) bond motifs is 5.